The van der Waals surface area contributed by atoms with Gasteiger partial charge < -0.3 is 9.47 Å². The first-order chi connectivity index (χ1) is 8.38. The van der Waals surface area contributed by atoms with Gasteiger partial charge in [-0.15, -0.1) is 0 Å². The highest BCUT2D eigenvalue weighted by Gasteiger charge is 2.43. The predicted octanol–water partition coefficient (Wildman–Crippen LogP) is 3.05. The molecule has 0 amide bonds. The largest absolute Gasteiger partial charge is 0.496 e. The Kier molecular flexibility index (Phi) is 3.06. The highest BCUT2D eigenvalue weighted by Crippen LogP contribution is 2.44. The summed E-state index contributed by atoms with van der Waals surface area (Å²) in [5.41, 5.74) is 1.33. The van der Waals surface area contributed by atoms with E-state index in [-0.39, 0.29) is 0 Å². The lowest BCUT2D eigenvalue weighted by Crippen LogP contribution is -2.47. The van der Waals surface area contributed by atoms with Gasteiger partial charge in [-0.1, -0.05) is 18.2 Å². The summed E-state index contributed by atoms with van der Waals surface area (Å²) in [6.45, 7) is 0.962. The summed E-state index contributed by atoms with van der Waals surface area (Å²) >= 11 is 0. The van der Waals surface area contributed by atoms with Crippen LogP contribution >= 0.6 is 0 Å². The maximum absolute atomic E-state index is 5.89. The third kappa shape index (κ3) is 2.06. The van der Waals surface area contributed by atoms with Crippen LogP contribution in [0.15, 0.2) is 24.3 Å². The van der Waals surface area contributed by atoms with E-state index in [1.807, 2.05) is 12.1 Å². The molecule has 2 aliphatic rings. The van der Waals surface area contributed by atoms with Gasteiger partial charge in [-0.25, -0.2) is 0 Å². The molecule has 1 heterocycles. The van der Waals surface area contributed by atoms with Gasteiger partial charge in [-0.05, 0) is 49.1 Å². The van der Waals surface area contributed by atoms with Gasteiger partial charge in [-0.2, -0.15) is 0 Å². The van der Waals surface area contributed by atoms with E-state index in [9.17, 15) is 0 Å². The van der Waals surface area contributed by atoms with E-state index in [1.54, 1.807) is 7.11 Å². The minimum Gasteiger partial charge on any atom is -0.496 e. The topological polar surface area (TPSA) is 18.5 Å². The van der Waals surface area contributed by atoms with Gasteiger partial charge in [-0.3, -0.25) is 0 Å². The molecular weight excluding hydrogens is 212 g/mol. The van der Waals surface area contributed by atoms with Crippen molar-refractivity contribution in [2.24, 2.45) is 11.8 Å². The average molecular weight is 232 g/mol. The van der Waals surface area contributed by atoms with Crippen LogP contribution in [-0.4, -0.2) is 19.8 Å². The van der Waals surface area contributed by atoms with Crippen molar-refractivity contribution in [1.29, 1.82) is 0 Å². The van der Waals surface area contributed by atoms with Crippen LogP contribution in [0.5, 0.6) is 5.75 Å². The number of benzene rings is 1. The van der Waals surface area contributed by atoms with Crippen LogP contribution in [0.4, 0.5) is 0 Å². The summed E-state index contributed by atoms with van der Waals surface area (Å²) in [7, 11) is 1.75. The monoisotopic (exact) mass is 232 g/mol. The maximum Gasteiger partial charge on any atom is 0.122 e. The molecule has 0 aromatic heterocycles. The van der Waals surface area contributed by atoms with Crippen LogP contribution in [0.2, 0.25) is 0 Å². The molecule has 1 saturated heterocycles. The summed E-state index contributed by atoms with van der Waals surface area (Å²) in [5, 5.41) is 0. The van der Waals surface area contributed by atoms with Gasteiger partial charge in [0, 0.05) is 6.61 Å². The number of hydrogen-bond acceptors (Lipinski definition) is 2. The first-order valence-corrected chi connectivity index (χ1v) is 6.62. The lowest BCUT2D eigenvalue weighted by atomic mass is 9.66. The zero-order valence-electron chi connectivity index (χ0n) is 10.4. The molecule has 3 atom stereocenters. The quantitative estimate of drug-likeness (QED) is 0.797. The maximum atomic E-state index is 5.89. The van der Waals surface area contributed by atoms with Crippen LogP contribution in [0.1, 0.15) is 24.8 Å². The Bertz CT molecular complexity index is 388. The van der Waals surface area contributed by atoms with Crippen molar-refractivity contribution in [3.8, 4) is 5.75 Å². The van der Waals surface area contributed by atoms with Crippen molar-refractivity contribution < 1.29 is 9.47 Å². The molecule has 1 aliphatic carbocycles. The van der Waals surface area contributed by atoms with Crippen LogP contribution in [0.25, 0.3) is 0 Å². The lowest BCUT2D eigenvalue weighted by molar-refractivity contribution is -0.127. The first kappa shape index (κ1) is 11.1. The van der Waals surface area contributed by atoms with Gasteiger partial charge in [0.1, 0.15) is 5.75 Å². The van der Waals surface area contributed by atoms with E-state index in [1.165, 1.54) is 24.8 Å². The van der Waals surface area contributed by atoms with E-state index in [0.717, 1.165) is 24.7 Å². The molecule has 3 rings (SSSR count). The van der Waals surface area contributed by atoms with Gasteiger partial charge in [0.15, 0.2) is 0 Å². The highest BCUT2D eigenvalue weighted by molar-refractivity contribution is 5.34. The number of hydrogen-bond donors (Lipinski definition) is 0. The van der Waals surface area contributed by atoms with Crippen molar-refractivity contribution >= 4 is 0 Å². The van der Waals surface area contributed by atoms with E-state index < -0.39 is 0 Å². The Labute approximate surface area is 103 Å². The second-order valence-corrected chi connectivity index (χ2v) is 5.25. The van der Waals surface area contributed by atoms with E-state index in [2.05, 4.69) is 12.1 Å². The number of methoxy groups -OCH3 is 1. The van der Waals surface area contributed by atoms with E-state index in [0.29, 0.717) is 12.0 Å². The minimum absolute atomic E-state index is 0.522. The molecule has 0 radical (unpaired) electrons. The van der Waals surface area contributed by atoms with Crippen molar-refractivity contribution in [2.75, 3.05) is 13.7 Å². The Hall–Kier alpha value is -1.02. The van der Waals surface area contributed by atoms with E-state index >= 15 is 0 Å². The van der Waals surface area contributed by atoms with Crippen molar-refractivity contribution in [3.05, 3.63) is 29.8 Å². The Morgan fingerprint density at radius 2 is 2.24 bits per heavy atom. The second-order valence-electron chi connectivity index (χ2n) is 5.25. The lowest BCUT2D eigenvalue weighted by Gasteiger charge is -2.47. The molecule has 0 N–H and O–H groups in total. The van der Waals surface area contributed by atoms with Crippen molar-refractivity contribution in [3.63, 3.8) is 0 Å². The fraction of sp³-hybridized carbons (Fsp3) is 0.600. The Balaban J connectivity index is 1.67. The number of fused-ring (bicyclic) bond motifs is 1. The summed E-state index contributed by atoms with van der Waals surface area (Å²) in [5.74, 6) is 2.56. The van der Waals surface area contributed by atoms with Gasteiger partial charge in [0.2, 0.25) is 0 Å². The number of rotatable bonds is 3. The average Bonchev–Trinajstić information content (AvgIpc) is 2.36. The zero-order valence-corrected chi connectivity index (χ0v) is 10.4. The highest BCUT2D eigenvalue weighted by atomic mass is 16.5. The fourth-order valence-corrected chi connectivity index (χ4v) is 3.32. The van der Waals surface area contributed by atoms with Gasteiger partial charge in [0.25, 0.3) is 0 Å². The van der Waals surface area contributed by atoms with Gasteiger partial charge in [0.05, 0.1) is 13.2 Å². The third-order valence-electron chi connectivity index (χ3n) is 4.24. The Morgan fingerprint density at radius 3 is 3.06 bits per heavy atom. The second kappa shape index (κ2) is 4.69. The molecule has 17 heavy (non-hydrogen) atoms. The molecule has 1 aliphatic heterocycles. The summed E-state index contributed by atoms with van der Waals surface area (Å²) in [6, 6.07) is 8.35. The number of para-hydroxylation sites is 1. The molecule has 1 saturated carbocycles. The van der Waals surface area contributed by atoms with Gasteiger partial charge >= 0.3 is 0 Å². The van der Waals surface area contributed by atoms with Crippen LogP contribution in [-0.2, 0) is 11.2 Å². The summed E-state index contributed by atoms with van der Waals surface area (Å²) < 4.78 is 11.3. The SMILES string of the molecule is COc1ccccc1C[C@H]1C[C@H]2CCCO[C@H]21. The standard InChI is InChI=1S/C15H20O2/c1-16-14-7-3-2-5-11(14)9-13-10-12-6-4-8-17-15(12)13/h2-3,5,7,12-13,15H,4,6,8-10H2,1H3/t12-,13+,15-/m1/s1. The first-order valence-electron chi connectivity index (χ1n) is 6.62. The molecule has 0 spiro atoms. The van der Waals surface area contributed by atoms with Crippen LogP contribution in [0.3, 0.4) is 0 Å². The molecule has 0 bridgehead atoms. The molecule has 0 unspecified atom stereocenters. The summed E-state index contributed by atoms with van der Waals surface area (Å²) in [6.07, 6.45) is 5.58. The van der Waals surface area contributed by atoms with Crippen molar-refractivity contribution in [1.82, 2.24) is 0 Å². The molecule has 2 nitrogen and oxygen atoms in total. The molecule has 1 aromatic carbocycles. The third-order valence-corrected chi connectivity index (χ3v) is 4.24. The number of ether oxygens (including phenoxy) is 2. The van der Waals surface area contributed by atoms with Crippen LogP contribution < -0.4 is 4.74 Å². The molecule has 2 heteroatoms. The molecular formula is C15H20O2. The normalized spacial score (nSPS) is 31.5. The Morgan fingerprint density at radius 1 is 1.35 bits per heavy atom. The van der Waals surface area contributed by atoms with Crippen molar-refractivity contribution in [2.45, 2.75) is 31.8 Å². The molecule has 92 valence electrons. The smallest absolute Gasteiger partial charge is 0.122 e. The predicted molar refractivity (Wildman–Crippen MR) is 67.3 cm³/mol. The molecule has 1 aromatic rings. The zero-order chi connectivity index (χ0) is 11.7. The molecule has 2 fully saturated rings. The van der Waals surface area contributed by atoms with E-state index in [4.69, 9.17) is 9.47 Å². The fourth-order valence-electron chi connectivity index (χ4n) is 3.32. The minimum atomic E-state index is 0.522. The summed E-state index contributed by atoms with van der Waals surface area (Å²) in [4.78, 5) is 0. The van der Waals surface area contributed by atoms with Crippen LogP contribution in [0, 0.1) is 11.8 Å².